The zero-order chi connectivity index (χ0) is 17.2. The molecule has 24 heavy (non-hydrogen) atoms. The fraction of sp³-hybridized carbons (Fsp3) is 0.200. The summed E-state index contributed by atoms with van der Waals surface area (Å²) in [7, 11) is -2.07. The van der Waals surface area contributed by atoms with Crippen molar-refractivity contribution in [2.75, 3.05) is 13.2 Å². The monoisotopic (exact) mass is 341 g/mol. The lowest BCUT2D eigenvalue weighted by Gasteiger charge is -1.99. The molecule has 0 saturated heterocycles. The first-order valence-electron chi connectivity index (χ1n) is 7.87. The van der Waals surface area contributed by atoms with Gasteiger partial charge in [-0.2, -0.15) is 0 Å². The Morgan fingerprint density at radius 3 is 1.46 bits per heavy atom. The zero-order valence-corrected chi connectivity index (χ0v) is 14.6. The Bertz CT molecular complexity index is 616. The van der Waals surface area contributed by atoms with Crippen LogP contribution in [0.5, 0.6) is 0 Å². The molecule has 0 fully saturated rings. The maximum absolute atomic E-state index is 11.7. The smallest absolute Gasteiger partial charge is 0.119 e. The number of rotatable bonds is 10. The van der Waals surface area contributed by atoms with Crippen molar-refractivity contribution in [1.82, 2.24) is 0 Å². The van der Waals surface area contributed by atoms with E-state index < -0.39 is 8.25 Å². The molecule has 0 aliphatic carbocycles. The summed E-state index contributed by atoms with van der Waals surface area (Å²) in [5, 5.41) is 0. The number of hydrogen-bond acceptors (Lipinski definition) is 3. The van der Waals surface area contributed by atoms with Crippen LogP contribution in [-0.4, -0.2) is 13.2 Å². The second kappa shape index (κ2) is 9.94. The first-order chi connectivity index (χ1) is 11.7. The fourth-order valence-corrected chi connectivity index (χ4v) is 2.71. The molecular weight excluding hydrogens is 319 g/mol. The van der Waals surface area contributed by atoms with E-state index in [1.54, 1.807) is 12.2 Å². The van der Waals surface area contributed by atoms with Crippen LogP contribution in [0.15, 0.2) is 61.7 Å². The van der Waals surface area contributed by atoms with Gasteiger partial charge in [-0.05, 0) is 22.3 Å². The van der Waals surface area contributed by atoms with E-state index in [2.05, 4.69) is 13.2 Å². The fourth-order valence-electron chi connectivity index (χ4n) is 2.15. The Labute approximate surface area is 144 Å². The molecule has 0 unspecified atom stereocenters. The second-order valence-electron chi connectivity index (χ2n) is 5.28. The highest BCUT2D eigenvalue weighted by Gasteiger charge is 2.19. The Hall–Kier alpha value is -2.06. The number of hydrogen-bond donors (Lipinski definition) is 0. The molecule has 0 aliphatic heterocycles. The summed E-state index contributed by atoms with van der Waals surface area (Å²) in [4.78, 5) is 0. The molecule has 0 spiro atoms. The van der Waals surface area contributed by atoms with Gasteiger partial charge in [0.05, 0.1) is 0 Å². The normalized spacial score (nSPS) is 10.3. The third kappa shape index (κ3) is 6.21. The summed E-state index contributed by atoms with van der Waals surface area (Å²) in [5.74, 6) is 0. The molecule has 0 aromatic heterocycles. The molecule has 0 radical (unpaired) electrons. The molecule has 4 heteroatoms. The van der Waals surface area contributed by atoms with Gasteiger partial charge in [0.25, 0.3) is 0 Å². The van der Waals surface area contributed by atoms with Gasteiger partial charge < -0.3 is 0 Å². The van der Waals surface area contributed by atoms with Gasteiger partial charge in [0, 0.05) is 17.4 Å². The van der Waals surface area contributed by atoms with E-state index >= 15 is 0 Å². The van der Waals surface area contributed by atoms with E-state index in [0.717, 1.165) is 22.3 Å². The highest BCUT2D eigenvalue weighted by Crippen LogP contribution is 2.24. The van der Waals surface area contributed by atoms with Crippen LogP contribution in [0.2, 0.25) is 0 Å². The summed E-state index contributed by atoms with van der Waals surface area (Å²) in [6.07, 6.45) is 5.00. The van der Waals surface area contributed by atoms with Crippen molar-refractivity contribution >= 4 is 20.4 Å². The summed E-state index contributed by atoms with van der Waals surface area (Å²) >= 11 is 0. The second-order valence-corrected chi connectivity index (χ2v) is 6.25. The molecule has 3 nitrogen and oxygen atoms in total. The Morgan fingerprint density at radius 2 is 1.12 bits per heavy atom. The van der Waals surface area contributed by atoms with E-state index in [-0.39, 0.29) is 0 Å². The summed E-state index contributed by atoms with van der Waals surface area (Å²) in [6, 6.07) is 16.0. The van der Waals surface area contributed by atoms with E-state index in [0.29, 0.717) is 26.1 Å². The van der Waals surface area contributed by atoms with Crippen LogP contribution >= 0.6 is 8.25 Å². The van der Waals surface area contributed by atoms with Crippen molar-refractivity contribution in [1.29, 1.82) is 0 Å². The van der Waals surface area contributed by atoms with Gasteiger partial charge in [-0.1, -0.05) is 73.8 Å². The van der Waals surface area contributed by atoms with Crippen LogP contribution in [-0.2, 0) is 26.5 Å². The molecule has 0 heterocycles. The van der Waals surface area contributed by atoms with Crippen LogP contribution in [0.25, 0.3) is 12.2 Å². The maximum atomic E-state index is 11.7. The molecular formula is C20H22O3P+. The summed E-state index contributed by atoms with van der Waals surface area (Å²) in [5.41, 5.74) is 4.42. The van der Waals surface area contributed by atoms with Crippen molar-refractivity contribution in [2.24, 2.45) is 0 Å². The topological polar surface area (TPSA) is 35.5 Å². The molecule has 2 aromatic rings. The zero-order valence-electron chi connectivity index (χ0n) is 13.7. The van der Waals surface area contributed by atoms with Crippen molar-refractivity contribution in [3.8, 4) is 0 Å². The third-order valence-electron chi connectivity index (χ3n) is 3.61. The van der Waals surface area contributed by atoms with E-state index in [1.165, 1.54) is 0 Å². The van der Waals surface area contributed by atoms with Gasteiger partial charge in [0.15, 0.2) is 0 Å². The minimum Gasteiger partial charge on any atom is -0.119 e. The Kier molecular flexibility index (Phi) is 7.57. The van der Waals surface area contributed by atoms with Gasteiger partial charge in [-0.15, -0.1) is 9.05 Å². The van der Waals surface area contributed by atoms with E-state index in [4.69, 9.17) is 9.05 Å². The van der Waals surface area contributed by atoms with Crippen LogP contribution in [0.4, 0.5) is 0 Å². The van der Waals surface area contributed by atoms with Crippen LogP contribution in [0.1, 0.15) is 22.3 Å². The van der Waals surface area contributed by atoms with E-state index in [1.807, 2.05) is 48.5 Å². The molecule has 0 bridgehead atoms. The molecule has 0 N–H and O–H groups in total. The average Bonchev–Trinajstić information content (AvgIpc) is 2.63. The standard InChI is InChI=1S/C20H22O3P/c1-3-17-5-9-19(10-6-17)13-15-22-24(21)23-16-14-20-11-7-18(4-2)8-12-20/h3-12H,1-2,13-16H2/q+1. The lowest BCUT2D eigenvalue weighted by Crippen LogP contribution is -1.97. The highest BCUT2D eigenvalue weighted by molar-refractivity contribution is 7.33. The van der Waals surface area contributed by atoms with Crippen molar-refractivity contribution in [3.05, 3.63) is 83.9 Å². The lowest BCUT2D eigenvalue weighted by molar-refractivity contribution is 0.229. The van der Waals surface area contributed by atoms with Gasteiger partial charge in [-0.3, -0.25) is 0 Å². The minimum atomic E-state index is -2.07. The van der Waals surface area contributed by atoms with Gasteiger partial charge in [0.2, 0.25) is 0 Å². The van der Waals surface area contributed by atoms with Crippen molar-refractivity contribution < 1.29 is 13.6 Å². The predicted octanol–water partition coefficient (Wildman–Crippen LogP) is 5.45. The molecule has 2 aromatic carbocycles. The van der Waals surface area contributed by atoms with Gasteiger partial charge >= 0.3 is 8.25 Å². The highest BCUT2D eigenvalue weighted by atomic mass is 31.1. The predicted molar refractivity (Wildman–Crippen MR) is 100.0 cm³/mol. The molecule has 0 saturated carbocycles. The summed E-state index contributed by atoms with van der Waals surface area (Å²) < 4.78 is 22.2. The molecule has 0 amide bonds. The Morgan fingerprint density at radius 1 is 0.750 bits per heavy atom. The number of benzene rings is 2. The van der Waals surface area contributed by atoms with Crippen LogP contribution in [0, 0.1) is 0 Å². The maximum Gasteiger partial charge on any atom is 0.697 e. The molecule has 124 valence electrons. The van der Waals surface area contributed by atoms with Gasteiger partial charge in [-0.25, -0.2) is 0 Å². The molecule has 0 atom stereocenters. The minimum absolute atomic E-state index is 0.372. The van der Waals surface area contributed by atoms with Gasteiger partial charge in [0.1, 0.15) is 13.2 Å². The molecule has 2 rings (SSSR count). The Balaban J connectivity index is 1.63. The average molecular weight is 341 g/mol. The van der Waals surface area contributed by atoms with Crippen molar-refractivity contribution in [3.63, 3.8) is 0 Å². The SMILES string of the molecule is C=Cc1ccc(CCO[P+](=O)OCCc2ccc(C=C)cc2)cc1. The summed E-state index contributed by atoms with van der Waals surface area (Å²) in [6.45, 7) is 8.18. The molecule has 0 aliphatic rings. The quantitative estimate of drug-likeness (QED) is 0.539. The lowest BCUT2D eigenvalue weighted by atomic mass is 10.1. The largest absolute Gasteiger partial charge is 0.697 e. The third-order valence-corrected chi connectivity index (χ3v) is 4.39. The van der Waals surface area contributed by atoms with Crippen molar-refractivity contribution in [2.45, 2.75) is 12.8 Å². The van der Waals surface area contributed by atoms with Crippen LogP contribution < -0.4 is 0 Å². The first kappa shape index (κ1) is 18.3. The van der Waals surface area contributed by atoms with E-state index in [9.17, 15) is 4.57 Å². The first-order valence-corrected chi connectivity index (χ1v) is 8.96. The van der Waals surface area contributed by atoms with Crippen LogP contribution in [0.3, 0.4) is 0 Å².